The van der Waals surface area contributed by atoms with Gasteiger partial charge in [0.2, 0.25) is 0 Å². The van der Waals surface area contributed by atoms with E-state index in [1.807, 2.05) is 18.7 Å². The minimum absolute atomic E-state index is 0.0179. The Balaban J connectivity index is 1.71. The topological polar surface area (TPSA) is 89.7 Å². The predicted molar refractivity (Wildman–Crippen MR) is 82.9 cm³/mol. The summed E-state index contributed by atoms with van der Waals surface area (Å²) in [6.07, 6.45) is 2.57. The summed E-state index contributed by atoms with van der Waals surface area (Å²) in [7, 11) is 1.58. The van der Waals surface area contributed by atoms with Gasteiger partial charge in [0.05, 0.1) is 12.7 Å². The van der Waals surface area contributed by atoms with Crippen LogP contribution in [0.15, 0.2) is 4.52 Å². The van der Waals surface area contributed by atoms with Crippen molar-refractivity contribution in [3.05, 3.63) is 11.7 Å². The molecule has 1 saturated heterocycles. The fourth-order valence-corrected chi connectivity index (χ4v) is 2.49. The first-order chi connectivity index (χ1) is 11.1. The third-order valence-electron chi connectivity index (χ3n) is 3.53. The maximum absolute atomic E-state index is 12.0. The summed E-state index contributed by atoms with van der Waals surface area (Å²) in [6, 6.07) is 0.124. The van der Waals surface area contributed by atoms with Gasteiger partial charge in [0, 0.05) is 32.7 Å². The van der Waals surface area contributed by atoms with Crippen LogP contribution in [-0.2, 0) is 22.5 Å². The van der Waals surface area contributed by atoms with Gasteiger partial charge in [-0.25, -0.2) is 4.79 Å². The molecule has 23 heavy (non-hydrogen) atoms. The van der Waals surface area contributed by atoms with Crippen molar-refractivity contribution in [2.24, 2.45) is 0 Å². The molecule has 1 aliphatic heterocycles. The van der Waals surface area contributed by atoms with Crippen LogP contribution in [0.1, 0.15) is 38.4 Å². The molecule has 0 saturated carbocycles. The highest BCUT2D eigenvalue weighted by molar-refractivity contribution is 5.74. The number of carbonyl (C=O) groups is 1. The zero-order valence-corrected chi connectivity index (χ0v) is 14.1. The van der Waals surface area contributed by atoms with Gasteiger partial charge < -0.3 is 24.2 Å². The molecule has 0 aliphatic carbocycles. The number of hydrogen-bond acceptors (Lipinski definition) is 6. The molecule has 1 unspecified atom stereocenters. The van der Waals surface area contributed by atoms with Crippen LogP contribution in [0.5, 0.6) is 0 Å². The lowest BCUT2D eigenvalue weighted by molar-refractivity contribution is 0.0103. The van der Waals surface area contributed by atoms with Crippen molar-refractivity contribution >= 4 is 6.03 Å². The number of carbonyl (C=O) groups excluding carboxylic acids is 1. The fourth-order valence-electron chi connectivity index (χ4n) is 2.49. The molecule has 130 valence electrons. The number of rotatable bonds is 7. The van der Waals surface area contributed by atoms with Gasteiger partial charge in [0.25, 0.3) is 5.89 Å². The van der Waals surface area contributed by atoms with E-state index in [0.717, 1.165) is 19.4 Å². The number of methoxy groups -OCH3 is 1. The molecule has 8 heteroatoms. The van der Waals surface area contributed by atoms with Gasteiger partial charge in [0.15, 0.2) is 5.82 Å². The first-order valence-corrected chi connectivity index (χ1v) is 8.06. The molecule has 0 spiro atoms. The normalized spacial score (nSPS) is 18.4. The number of urea groups is 1. The largest absolute Gasteiger partial charge is 0.376 e. The summed E-state index contributed by atoms with van der Waals surface area (Å²) in [4.78, 5) is 18.0. The Morgan fingerprint density at radius 3 is 3.09 bits per heavy atom. The van der Waals surface area contributed by atoms with Crippen molar-refractivity contribution in [2.75, 3.05) is 26.8 Å². The molecule has 0 aromatic carbocycles. The first-order valence-electron chi connectivity index (χ1n) is 8.06. The quantitative estimate of drug-likeness (QED) is 0.813. The van der Waals surface area contributed by atoms with Crippen LogP contribution >= 0.6 is 0 Å². The van der Waals surface area contributed by atoms with Gasteiger partial charge >= 0.3 is 6.03 Å². The Bertz CT molecular complexity index is 492. The third-order valence-corrected chi connectivity index (χ3v) is 3.53. The summed E-state index contributed by atoms with van der Waals surface area (Å²) in [5, 5.41) is 6.79. The third kappa shape index (κ3) is 5.80. The Hall–Kier alpha value is -1.67. The van der Waals surface area contributed by atoms with Gasteiger partial charge in [-0.2, -0.15) is 4.98 Å². The van der Waals surface area contributed by atoms with Crippen LogP contribution in [-0.4, -0.2) is 60.0 Å². The van der Waals surface area contributed by atoms with E-state index in [4.69, 9.17) is 14.0 Å². The zero-order valence-electron chi connectivity index (χ0n) is 14.1. The van der Waals surface area contributed by atoms with E-state index >= 15 is 0 Å². The van der Waals surface area contributed by atoms with Gasteiger partial charge in [0.1, 0.15) is 6.61 Å². The second-order valence-electron chi connectivity index (χ2n) is 5.97. The van der Waals surface area contributed by atoms with Crippen molar-refractivity contribution in [3.63, 3.8) is 0 Å². The fraction of sp³-hybridized carbons (Fsp3) is 0.800. The van der Waals surface area contributed by atoms with Gasteiger partial charge in [-0.3, -0.25) is 0 Å². The lowest BCUT2D eigenvalue weighted by atomic mass is 10.1. The molecule has 1 N–H and O–H groups in total. The standard InChI is InChI=1S/C15H26N4O4/c1-11(2)16-15(20)19-7-4-5-12(9-19)22-8-6-13-17-14(10-21-3)23-18-13/h11-12H,4-10H2,1-3H3,(H,16,20). The van der Waals surface area contributed by atoms with Crippen molar-refractivity contribution in [1.82, 2.24) is 20.4 Å². The number of aromatic nitrogens is 2. The highest BCUT2D eigenvalue weighted by Gasteiger charge is 2.24. The highest BCUT2D eigenvalue weighted by Crippen LogP contribution is 2.14. The number of nitrogens with zero attached hydrogens (tertiary/aromatic N) is 3. The predicted octanol–water partition coefficient (Wildman–Crippen LogP) is 1.36. The number of piperidine rings is 1. The molecule has 1 aliphatic rings. The Morgan fingerprint density at radius 1 is 1.52 bits per heavy atom. The van der Waals surface area contributed by atoms with E-state index in [0.29, 0.717) is 37.9 Å². The molecule has 8 nitrogen and oxygen atoms in total. The number of nitrogens with one attached hydrogen (secondary N) is 1. The molecule has 1 aromatic rings. The van der Waals surface area contributed by atoms with E-state index in [1.54, 1.807) is 7.11 Å². The van der Waals surface area contributed by atoms with Crippen LogP contribution in [0, 0.1) is 0 Å². The first kappa shape index (κ1) is 17.7. The van der Waals surface area contributed by atoms with Crippen molar-refractivity contribution in [3.8, 4) is 0 Å². The Morgan fingerprint density at radius 2 is 2.35 bits per heavy atom. The summed E-state index contributed by atoms with van der Waals surface area (Å²) in [6.45, 7) is 6.15. The van der Waals surface area contributed by atoms with Crippen LogP contribution in [0.25, 0.3) is 0 Å². The summed E-state index contributed by atoms with van der Waals surface area (Å²) in [5.74, 6) is 1.08. The van der Waals surface area contributed by atoms with Crippen LogP contribution in [0.3, 0.4) is 0 Å². The number of hydrogen-bond donors (Lipinski definition) is 1. The van der Waals surface area contributed by atoms with Crippen LogP contribution in [0.2, 0.25) is 0 Å². The van der Waals surface area contributed by atoms with E-state index in [-0.39, 0.29) is 18.2 Å². The second kappa shape index (κ2) is 8.83. The smallest absolute Gasteiger partial charge is 0.317 e. The SMILES string of the molecule is COCc1nc(CCOC2CCCN(C(=O)NC(C)C)C2)no1. The van der Waals surface area contributed by atoms with Crippen molar-refractivity contribution in [1.29, 1.82) is 0 Å². The molecule has 1 atom stereocenters. The zero-order chi connectivity index (χ0) is 16.7. The second-order valence-corrected chi connectivity index (χ2v) is 5.97. The van der Waals surface area contributed by atoms with E-state index in [2.05, 4.69) is 15.5 Å². The van der Waals surface area contributed by atoms with Crippen LogP contribution < -0.4 is 5.32 Å². The minimum atomic E-state index is -0.0179. The molecular formula is C15H26N4O4. The molecular weight excluding hydrogens is 300 g/mol. The maximum Gasteiger partial charge on any atom is 0.317 e. The van der Waals surface area contributed by atoms with Crippen LogP contribution in [0.4, 0.5) is 4.79 Å². The summed E-state index contributed by atoms with van der Waals surface area (Å²) >= 11 is 0. The number of likely N-dealkylation sites (tertiary alicyclic amines) is 1. The molecule has 1 fully saturated rings. The van der Waals surface area contributed by atoms with Crippen molar-refractivity contribution < 1.29 is 18.8 Å². The van der Waals surface area contributed by atoms with Gasteiger partial charge in [-0.1, -0.05) is 5.16 Å². The average Bonchev–Trinajstić information content (AvgIpc) is 2.95. The Kier molecular flexibility index (Phi) is 6.79. The average molecular weight is 326 g/mol. The molecule has 2 heterocycles. The lowest BCUT2D eigenvalue weighted by Gasteiger charge is -2.33. The summed E-state index contributed by atoms with van der Waals surface area (Å²) < 4.78 is 15.8. The molecule has 2 rings (SSSR count). The molecule has 1 aromatic heterocycles. The molecule has 0 radical (unpaired) electrons. The van der Waals surface area contributed by atoms with E-state index in [1.165, 1.54) is 0 Å². The summed E-state index contributed by atoms with van der Waals surface area (Å²) in [5.41, 5.74) is 0. The van der Waals surface area contributed by atoms with Gasteiger partial charge in [-0.15, -0.1) is 0 Å². The molecule has 2 amide bonds. The van der Waals surface area contributed by atoms with Gasteiger partial charge in [-0.05, 0) is 26.7 Å². The molecule has 0 bridgehead atoms. The Labute approximate surface area is 136 Å². The van der Waals surface area contributed by atoms with Crippen molar-refractivity contribution in [2.45, 2.75) is 51.9 Å². The highest BCUT2D eigenvalue weighted by atomic mass is 16.5. The maximum atomic E-state index is 12.0. The monoisotopic (exact) mass is 326 g/mol. The van der Waals surface area contributed by atoms with E-state index < -0.39 is 0 Å². The minimum Gasteiger partial charge on any atom is -0.376 e. The van der Waals surface area contributed by atoms with E-state index in [9.17, 15) is 4.79 Å². The lowest BCUT2D eigenvalue weighted by Crippen LogP contribution is -2.49. The number of amides is 2. The number of ether oxygens (including phenoxy) is 2.